The topological polar surface area (TPSA) is 3.24 Å². The maximum Gasteiger partial charge on any atom is 0.0219 e. The summed E-state index contributed by atoms with van der Waals surface area (Å²) in [5.74, 6) is 0.855. The lowest BCUT2D eigenvalue weighted by Gasteiger charge is -2.15. The van der Waals surface area contributed by atoms with E-state index in [1.165, 1.54) is 62.5 Å². The maximum atomic E-state index is 2.32. The minimum Gasteiger partial charge on any atom is -0.354 e. The van der Waals surface area contributed by atoms with Gasteiger partial charge in [-0.2, -0.15) is 0 Å². The van der Waals surface area contributed by atoms with Gasteiger partial charge in [-0.05, 0) is 35.6 Å². The molecular weight excluding hydrogens is 350 g/mol. The van der Waals surface area contributed by atoms with Crippen molar-refractivity contribution in [1.82, 2.24) is 4.90 Å². The minimum absolute atomic E-state index is 0.855. The van der Waals surface area contributed by atoms with Crippen molar-refractivity contribution in [2.24, 2.45) is 5.92 Å². The number of nitrogens with zero attached hydrogens (tertiary/aromatic N) is 1. The molecule has 0 aliphatic carbocycles. The smallest absolute Gasteiger partial charge is 0.0219 e. The van der Waals surface area contributed by atoms with Crippen LogP contribution in [0.1, 0.15) is 76.3 Å². The molecule has 2 aromatic rings. The summed E-state index contributed by atoms with van der Waals surface area (Å²) in [5.41, 5.74) is 2.49. The Hall–Kier alpha value is -2.28. The van der Waals surface area contributed by atoms with Crippen LogP contribution in [0.5, 0.6) is 0 Å². The normalized spacial score (nSPS) is 11.7. The molecule has 2 rings (SSSR count). The molecule has 0 aliphatic heterocycles. The molecule has 0 aromatic heterocycles. The molecule has 1 nitrogen and oxygen atoms in total. The van der Waals surface area contributed by atoms with E-state index in [9.17, 15) is 0 Å². The Morgan fingerprint density at radius 2 is 1.07 bits per heavy atom. The van der Waals surface area contributed by atoms with Crippen molar-refractivity contribution < 1.29 is 0 Å². The number of hydrogen-bond donors (Lipinski definition) is 0. The van der Waals surface area contributed by atoms with Crippen molar-refractivity contribution in [3.8, 4) is 0 Å². The van der Waals surface area contributed by atoms with Crippen LogP contribution in [0.4, 0.5) is 0 Å². The summed E-state index contributed by atoms with van der Waals surface area (Å²) < 4.78 is 0. The van der Waals surface area contributed by atoms with Crippen LogP contribution in [0.3, 0.4) is 0 Å². The maximum absolute atomic E-state index is 2.32. The molecule has 0 saturated carbocycles. The predicted molar refractivity (Wildman–Crippen MR) is 129 cm³/mol. The average Bonchev–Trinajstić information content (AvgIpc) is 2.75. The molecule has 0 unspecified atom stereocenters. The highest BCUT2D eigenvalue weighted by atomic mass is 15.1. The van der Waals surface area contributed by atoms with Gasteiger partial charge in [-0.3, -0.25) is 0 Å². The second-order valence-corrected chi connectivity index (χ2v) is 8.35. The highest BCUT2D eigenvalue weighted by Crippen LogP contribution is 2.13. The summed E-state index contributed by atoms with van der Waals surface area (Å²) in [6.45, 7) is 5.72. The minimum atomic E-state index is 0.855. The van der Waals surface area contributed by atoms with Gasteiger partial charge in [0.15, 0.2) is 0 Å². The van der Waals surface area contributed by atoms with Crippen LogP contribution in [0.2, 0.25) is 0 Å². The number of unbranched alkanes of at least 4 members (excludes halogenated alkanes) is 6. The van der Waals surface area contributed by atoms with Crippen LogP contribution in [-0.2, 0) is 0 Å². The quantitative estimate of drug-likeness (QED) is 0.293. The summed E-state index contributed by atoms with van der Waals surface area (Å²) in [4.78, 5) is 2.32. The first-order valence-electron chi connectivity index (χ1n) is 11.5. The molecule has 0 bridgehead atoms. The van der Waals surface area contributed by atoms with E-state index in [0.29, 0.717) is 0 Å². The number of benzene rings is 2. The first-order chi connectivity index (χ1) is 14.2. The van der Waals surface area contributed by atoms with Crippen molar-refractivity contribution in [2.75, 3.05) is 6.54 Å². The van der Waals surface area contributed by atoms with E-state index in [0.717, 1.165) is 12.5 Å². The second kappa shape index (κ2) is 14.7. The summed E-state index contributed by atoms with van der Waals surface area (Å²) in [6, 6.07) is 21.1. The van der Waals surface area contributed by atoms with Gasteiger partial charge in [0.05, 0.1) is 0 Å². The average molecular weight is 390 g/mol. The standard InChI is InChI=1S/C28H39N/c1-26(2)16-10-6-4-3-5-7-15-23-29(24-21-27-17-11-8-12-18-27)25-22-28-19-13-9-14-20-28/h8-9,11-14,17-22,24-26H,3-7,10,15-16,23H2,1-2H3. The molecule has 2 aromatic carbocycles. The molecule has 0 fully saturated rings. The van der Waals surface area contributed by atoms with E-state index in [2.05, 4.69) is 104 Å². The van der Waals surface area contributed by atoms with E-state index in [1.807, 2.05) is 0 Å². The SMILES string of the molecule is CC(C)CCCCCCCCCN(C=Cc1ccccc1)C=Cc1ccccc1. The van der Waals surface area contributed by atoms with Crippen LogP contribution in [0.25, 0.3) is 12.2 Å². The molecule has 29 heavy (non-hydrogen) atoms. The molecule has 156 valence electrons. The van der Waals surface area contributed by atoms with E-state index in [-0.39, 0.29) is 0 Å². The summed E-state index contributed by atoms with van der Waals surface area (Å²) in [5, 5.41) is 0. The first kappa shape index (κ1) is 23.0. The molecule has 0 spiro atoms. The van der Waals surface area contributed by atoms with Gasteiger partial charge >= 0.3 is 0 Å². The van der Waals surface area contributed by atoms with Gasteiger partial charge < -0.3 is 4.90 Å². The van der Waals surface area contributed by atoms with Gasteiger partial charge in [-0.1, -0.05) is 119 Å². The van der Waals surface area contributed by atoms with Crippen LogP contribution in [0, 0.1) is 5.92 Å². The van der Waals surface area contributed by atoms with Gasteiger partial charge in [-0.15, -0.1) is 0 Å². The summed E-state index contributed by atoms with van der Waals surface area (Å²) in [7, 11) is 0. The van der Waals surface area contributed by atoms with Gasteiger partial charge in [0.2, 0.25) is 0 Å². The van der Waals surface area contributed by atoms with Gasteiger partial charge in [0.1, 0.15) is 0 Å². The Morgan fingerprint density at radius 3 is 1.55 bits per heavy atom. The summed E-state index contributed by atoms with van der Waals surface area (Å²) >= 11 is 0. The molecule has 0 heterocycles. The fraction of sp³-hybridized carbons (Fsp3) is 0.429. The van der Waals surface area contributed by atoms with E-state index in [1.54, 1.807) is 0 Å². The van der Waals surface area contributed by atoms with E-state index >= 15 is 0 Å². The molecule has 0 N–H and O–H groups in total. The van der Waals surface area contributed by atoms with Crippen molar-refractivity contribution in [1.29, 1.82) is 0 Å². The lowest BCUT2D eigenvalue weighted by atomic mass is 10.0. The molecule has 0 atom stereocenters. The molecule has 0 saturated heterocycles. The monoisotopic (exact) mass is 389 g/mol. The molecule has 0 amide bonds. The van der Waals surface area contributed by atoms with Gasteiger partial charge in [-0.25, -0.2) is 0 Å². The van der Waals surface area contributed by atoms with Crippen LogP contribution in [-0.4, -0.2) is 11.4 Å². The molecule has 0 radical (unpaired) electrons. The zero-order chi connectivity index (χ0) is 20.6. The van der Waals surface area contributed by atoms with Crippen molar-refractivity contribution in [3.05, 3.63) is 84.2 Å². The van der Waals surface area contributed by atoms with E-state index in [4.69, 9.17) is 0 Å². The molecule has 0 aliphatic rings. The number of hydrogen-bond acceptors (Lipinski definition) is 1. The molecule has 1 heteroatoms. The molecular formula is C28H39N. The van der Waals surface area contributed by atoms with Gasteiger partial charge in [0.25, 0.3) is 0 Å². The van der Waals surface area contributed by atoms with Crippen molar-refractivity contribution in [3.63, 3.8) is 0 Å². The van der Waals surface area contributed by atoms with Crippen LogP contribution < -0.4 is 0 Å². The van der Waals surface area contributed by atoms with Crippen LogP contribution in [0.15, 0.2) is 73.1 Å². The van der Waals surface area contributed by atoms with Crippen molar-refractivity contribution >= 4 is 12.2 Å². The Morgan fingerprint density at radius 1 is 0.621 bits per heavy atom. The third-order valence-electron chi connectivity index (χ3n) is 5.21. The lowest BCUT2D eigenvalue weighted by Crippen LogP contribution is -2.11. The first-order valence-corrected chi connectivity index (χ1v) is 11.5. The Kier molecular flexibility index (Phi) is 11.6. The second-order valence-electron chi connectivity index (χ2n) is 8.35. The van der Waals surface area contributed by atoms with Crippen LogP contribution >= 0.6 is 0 Å². The van der Waals surface area contributed by atoms with Gasteiger partial charge in [0, 0.05) is 18.9 Å². The third-order valence-corrected chi connectivity index (χ3v) is 5.21. The van der Waals surface area contributed by atoms with E-state index < -0.39 is 0 Å². The Bertz CT molecular complexity index is 635. The summed E-state index contributed by atoms with van der Waals surface area (Å²) in [6.07, 6.45) is 19.7. The largest absolute Gasteiger partial charge is 0.354 e. The van der Waals surface area contributed by atoms with Crippen molar-refractivity contribution in [2.45, 2.75) is 65.2 Å². The highest BCUT2D eigenvalue weighted by molar-refractivity contribution is 5.51. The zero-order valence-electron chi connectivity index (χ0n) is 18.5. The highest BCUT2D eigenvalue weighted by Gasteiger charge is 1.98. The third kappa shape index (κ3) is 11.3. The lowest BCUT2D eigenvalue weighted by molar-refractivity contribution is 0.464. The predicted octanol–water partition coefficient (Wildman–Crippen LogP) is 8.41. The number of rotatable bonds is 14. The fourth-order valence-corrected chi connectivity index (χ4v) is 3.42. The Balaban J connectivity index is 1.75. The Labute approximate surface area is 179 Å². The fourth-order valence-electron chi connectivity index (χ4n) is 3.42. The zero-order valence-corrected chi connectivity index (χ0v) is 18.5.